The molecule has 2 aromatic carbocycles. The summed E-state index contributed by atoms with van der Waals surface area (Å²) in [6.07, 6.45) is 0.278. The first-order valence-electron chi connectivity index (χ1n) is 10.2. The maximum absolute atomic E-state index is 13.3. The second-order valence-corrected chi connectivity index (χ2v) is 9.02. The van der Waals surface area contributed by atoms with E-state index in [-0.39, 0.29) is 23.8 Å². The van der Waals surface area contributed by atoms with Crippen molar-refractivity contribution in [2.24, 2.45) is 0 Å². The summed E-state index contributed by atoms with van der Waals surface area (Å²) in [6, 6.07) is 13.6. The van der Waals surface area contributed by atoms with E-state index >= 15 is 0 Å². The topological polar surface area (TPSA) is 49.4 Å². The largest absolute Gasteiger partial charge is 0.350 e. The van der Waals surface area contributed by atoms with E-state index in [9.17, 15) is 9.59 Å². The molecule has 2 rings (SSSR count). The molecule has 1 N–H and O–H groups in total. The third-order valence-corrected chi connectivity index (χ3v) is 5.03. The van der Waals surface area contributed by atoms with Crippen LogP contribution in [0, 0.1) is 20.8 Å². The Bertz CT molecular complexity index is 881. The lowest BCUT2D eigenvalue weighted by atomic mass is 10.0. The van der Waals surface area contributed by atoms with Crippen molar-refractivity contribution >= 4 is 11.8 Å². The minimum atomic E-state index is -0.561. The van der Waals surface area contributed by atoms with Gasteiger partial charge in [0.25, 0.3) is 0 Å². The van der Waals surface area contributed by atoms with E-state index in [1.54, 1.807) is 11.8 Å². The van der Waals surface area contributed by atoms with Crippen molar-refractivity contribution in [1.82, 2.24) is 10.2 Å². The standard InChI is InChI=1S/C25H34N2O2/c1-17-9-8-10-22(13-17)16-27(20(4)24(29)26-25(5,6)7)23(28)15-21-12-11-18(2)19(3)14-21/h8-14,20H,15-16H2,1-7H3,(H,26,29)/t20-/m0/s1. The summed E-state index contributed by atoms with van der Waals surface area (Å²) in [7, 11) is 0. The fourth-order valence-corrected chi connectivity index (χ4v) is 3.25. The second-order valence-electron chi connectivity index (χ2n) is 9.02. The van der Waals surface area contributed by atoms with Crippen LogP contribution in [0.15, 0.2) is 42.5 Å². The minimum Gasteiger partial charge on any atom is -0.350 e. The van der Waals surface area contributed by atoms with E-state index in [0.29, 0.717) is 6.54 Å². The van der Waals surface area contributed by atoms with Gasteiger partial charge >= 0.3 is 0 Å². The van der Waals surface area contributed by atoms with Gasteiger partial charge in [0, 0.05) is 12.1 Å². The molecule has 0 aromatic heterocycles. The Morgan fingerprint density at radius 2 is 1.66 bits per heavy atom. The van der Waals surface area contributed by atoms with Crippen molar-refractivity contribution in [2.45, 2.75) is 73.0 Å². The van der Waals surface area contributed by atoms with Gasteiger partial charge in [-0.3, -0.25) is 9.59 Å². The van der Waals surface area contributed by atoms with Gasteiger partial charge in [0.15, 0.2) is 0 Å². The summed E-state index contributed by atoms with van der Waals surface area (Å²) >= 11 is 0. The molecule has 0 spiro atoms. The molecule has 0 saturated heterocycles. The van der Waals surface area contributed by atoms with Gasteiger partial charge in [0.05, 0.1) is 6.42 Å². The number of amides is 2. The maximum Gasteiger partial charge on any atom is 0.242 e. The molecule has 0 unspecified atom stereocenters. The van der Waals surface area contributed by atoms with Crippen LogP contribution in [-0.4, -0.2) is 28.3 Å². The van der Waals surface area contributed by atoms with E-state index in [2.05, 4.69) is 24.4 Å². The number of nitrogens with one attached hydrogen (secondary N) is 1. The number of carbonyl (C=O) groups is 2. The van der Waals surface area contributed by atoms with Crippen LogP contribution in [0.5, 0.6) is 0 Å². The Balaban J connectivity index is 2.27. The molecule has 2 amide bonds. The van der Waals surface area contributed by atoms with Crippen LogP contribution in [0.1, 0.15) is 55.5 Å². The van der Waals surface area contributed by atoms with Crippen molar-refractivity contribution in [2.75, 3.05) is 0 Å². The van der Waals surface area contributed by atoms with Crippen LogP contribution in [0.2, 0.25) is 0 Å². The van der Waals surface area contributed by atoms with E-state index < -0.39 is 6.04 Å². The molecular weight excluding hydrogens is 360 g/mol. The van der Waals surface area contributed by atoms with E-state index in [1.165, 1.54) is 11.1 Å². The molecule has 0 radical (unpaired) electrons. The summed E-state index contributed by atoms with van der Waals surface area (Å²) < 4.78 is 0. The predicted molar refractivity (Wildman–Crippen MR) is 119 cm³/mol. The molecule has 29 heavy (non-hydrogen) atoms. The zero-order valence-corrected chi connectivity index (χ0v) is 18.8. The van der Waals surface area contributed by atoms with Gasteiger partial charge in [0.1, 0.15) is 6.04 Å². The highest BCUT2D eigenvalue weighted by Crippen LogP contribution is 2.16. The molecule has 4 nitrogen and oxygen atoms in total. The number of carbonyl (C=O) groups excluding carboxylic acids is 2. The van der Waals surface area contributed by atoms with Crippen LogP contribution >= 0.6 is 0 Å². The molecule has 1 atom stereocenters. The Kier molecular flexibility index (Phi) is 7.23. The average molecular weight is 395 g/mol. The number of benzene rings is 2. The molecule has 0 fully saturated rings. The Morgan fingerprint density at radius 3 is 2.24 bits per heavy atom. The van der Waals surface area contributed by atoms with Crippen molar-refractivity contribution in [1.29, 1.82) is 0 Å². The highest BCUT2D eigenvalue weighted by molar-refractivity contribution is 5.88. The summed E-state index contributed by atoms with van der Waals surface area (Å²) in [6.45, 7) is 14.2. The lowest BCUT2D eigenvalue weighted by Crippen LogP contribution is -2.52. The van der Waals surface area contributed by atoms with Gasteiger partial charge in [-0.25, -0.2) is 0 Å². The quantitative estimate of drug-likeness (QED) is 0.785. The van der Waals surface area contributed by atoms with Gasteiger partial charge < -0.3 is 10.2 Å². The summed E-state index contributed by atoms with van der Waals surface area (Å²) in [5.41, 5.74) is 5.15. The van der Waals surface area contributed by atoms with Crippen LogP contribution in [0.3, 0.4) is 0 Å². The van der Waals surface area contributed by atoms with E-state index in [1.807, 2.05) is 65.0 Å². The normalized spacial score (nSPS) is 12.4. The molecule has 0 aliphatic rings. The monoisotopic (exact) mass is 394 g/mol. The summed E-state index contributed by atoms with van der Waals surface area (Å²) in [5.74, 6) is -0.190. The average Bonchev–Trinajstić information content (AvgIpc) is 2.60. The van der Waals surface area contributed by atoms with Gasteiger partial charge in [0.2, 0.25) is 11.8 Å². The van der Waals surface area contributed by atoms with Gasteiger partial charge in [-0.05, 0) is 70.7 Å². The van der Waals surface area contributed by atoms with E-state index in [0.717, 1.165) is 16.7 Å². The molecule has 0 saturated carbocycles. The fraction of sp³-hybridized carbons (Fsp3) is 0.440. The van der Waals surface area contributed by atoms with Crippen LogP contribution in [-0.2, 0) is 22.6 Å². The highest BCUT2D eigenvalue weighted by atomic mass is 16.2. The summed E-state index contributed by atoms with van der Waals surface area (Å²) in [5, 5.41) is 3.00. The number of nitrogens with zero attached hydrogens (tertiary/aromatic N) is 1. The number of aryl methyl sites for hydroxylation is 3. The molecule has 4 heteroatoms. The lowest BCUT2D eigenvalue weighted by Gasteiger charge is -2.31. The minimum absolute atomic E-state index is 0.0497. The zero-order chi connectivity index (χ0) is 21.8. The first-order chi connectivity index (χ1) is 13.5. The Morgan fingerprint density at radius 1 is 0.966 bits per heavy atom. The predicted octanol–water partition coefficient (Wildman–Crippen LogP) is 4.49. The Labute approximate surface area is 175 Å². The molecule has 0 aliphatic carbocycles. The highest BCUT2D eigenvalue weighted by Gasteiger charge is 2.28. The van der Waals surface area contributed by atoms with E-state index in [4.69, 9.17) is 0 Å². The van der Waals surface area contributed by atoms with Gasteiger partial charge in [-0.2, -0.15) is 0 Å². The van der Waals surface area contributed by atoms with Crippen molar-refractivity contribution < 1.29 is 9.59 Å². The van der Waals surface area contributed by atoms with Gasteiger partial charge in [-0.15, -0.1) is 0 Å². The van der Waals surface area contributed by atoms with Crippen LogP contribution in [0.25, 0.3) is 0 Å². The van der Waals surface area contributed by atoms with Crippen molar-refractivity contribution in [3.63, 3.8) is 0 Å². The smallest absolute Gasteiger partial charge is 0.242 e. The molecule has 0 bridgehead atoms. The fourth-order valence-electron chi connectivity index (χ4n) is 3.25. The SMILES string of the molecule is Cc1cccc(CN(C(=O)Cc2ccc(C)c(C)c2)[C@@H](C)C(=O)NC(C)(C)C)c1. The Hall–Kier alpha value is -2.62. The van der Waals surface area contributed by atoms with Gasteiger partial charge in [-0.1, -0.05) is 48.0 Å². The molecule has 156 valence electrons. The van der Waals surface area contributed by atoms with Crippen molar-refractivity contribution in [3.05, 3.63) is 70.3 Å². The summed E-state index contributed by atoms with van der Waals surface area (Å²) in [4.78, 5) is 27.7. The molecule has 2 aromatic rings. The maximum atomic E-state index is 13.3. The van der Waals surface area contributed by atoms with Crippen molar-refractivity contribution in [3.8, 4) is 0 Å². The number of rotatable bonds is 6. The first kappa shape index (κ1) is 22.7. The van der Waals surface area contributed by atoms with Crippen LogP contribution < -0.4 is 5.32 Å². The lowest BCUT2D eigenvalue weighted by molar-refractivity contribution is -0.140. The first-order valence-corrected chi connectivity index (χ1v) is 10.2. The number of hydrogen-bond acceptors (Lipinski definition) is 2. The third kappa shape index (κ3) is 6.74. The molecular formula is C25H34N2O2. The molecule has 0 aliphatic heterocycles. The molecule has 0 heterocycles. The number of hydrogen-bond donors (Lipinski definition) is 1. The zero-order valence-electron chi connectivity index (χ0n) is 18.8. The second kappa shape index (κ2) is 9.25. The van der Waals surface area contributed by atoms with Crippen LogP contribution in [0.4, 0.5) is 0 Å². The third-order valence-electron chi connectivity index (χ3n) is 5.03.